The van der Waals surface area contributed by atoms with Gasteiger partial charge < -0.3 is 9.88 Å². The molecule has 0 saturated heterocycles. The first-order chi connectivity index (χ1) is 18.1. The topological polar surface area (TPSA) is 79.7 Å². The van der Waals surface area contributed by atoms with Crippen molar-refractivity contribution in [2.45, 2.75) is 32.1 Å². The predicted octanol–water partition coefficient (Wildman–Crippen LogP) is 5.55. The number of fused-ring (bicyclic) bond motifs is 2. The lowest BCUT2D eigenvalue weighted by molar-refractivity contribution is 0.0774. The van der Waals surface area contributed by atoms with Gasteiger partial charge in [0.2, 0.25) is 0 Å². The van der Waals surface area contributed by atoms with E-state index in [2.05, 4.69) is 16.0 Å². The van der Waals surface area contributed by atoms with Gasteiger partial charge in [-0.05, 0) is 68.2 Å². The molecule has 1 N–H and O–H groups in total. The number of hydrogen-bond donors (Lipinski definition) is 1. The van der Waals surface area contributed by atoms with Gasteiger partial charge in [-0.15, -0.1) is 0 Å². The number of carbonyl (C=O) groups excluding carboxylic acids is 1. The summed E-state index contributed by atoms with van der Waals surface area (Å²) in [5.41, 5.74) is 6.07. The van der Waals surface area contributed by atoms with Crippen LogP contribution in [0.4, 0.5) is 4.39 Å². The Balaban J connectivity index is 1.25. The number of hydrogen-bond acceptors (Lipinski definition) is 4. The van der Waals surface area contributed by atoms with Crippen LogP contribution >= 0.6 is 0 Å². The number of nitrogens with zero attached hydrogens (tertiary/aromatic N) is 5. The third kappa shape index (κ3) is 3.71. The highest BCUT2D eigenvalue weighted by atomic mass is 19.1. The van der Waals surface area contributed by atoms with E-state index in [-0.39, 0.29) is 11.7 Å². The molecule has 4 aromatic heterocycles. The van der Waals surface area contributed by atoms with E-state index >= 15 is 0 Å². The number of aromatic amines is 1. The molecule has 1 fully saturated rings. The number of pyridine rings is 2. The average Bonchev–Trinajstić information content (AvgIpc) is 3.62. The summed E-state index contributed by atoms with van der Waals surface area (Å²) in [4.78, 5) is 28.4. The number of halogens is 1. The molecule has 184 valence electrons. The second-order valence-corrected chi connectivity index (χ2v) is 9.88. The monoisotopic (exact) mass is 492 g/mol. The van der Waals surface area contributed by atoms with Crippen LogP contribution < -0.4 is 0 Å². The van der Waals surface area contributed by atoms with Crippen LogP contribution in [-0.2, 0) is 0 Å². The quantitative estimate of drug-likeness (QED) is 0.357. The van der Waals surface area contributed by atoms with Gasteiger partial charge in [-0.2, -0.15) is 9.78 Å². The minimum absolute atomic E-state index is 0.00531. The van der Waals surface area contributed by atoms with E-state index in [4.69, 9.17) is 10.1 Å². The number of amides is 1. The molecule has 1 aromatic carbocycles. The summed E-state index contributed by atoms with van der Waals surface area (Å²) in [6, 6.07) is 12.5. The van der Waals surface area contributed by atoms with E-state index in [0.29, 0.717) is 36.0 Å². The van der Waals surface area contributed by atoms with Crippen molar-refractivity contribution < 1.29 is 9.18 Å². The molecule has 0 radical (unpaired) electrons. The van der Waals surface area contributed by atoms with Gasteiger partial charge in [0.25, 0.3) is 5.91 Å². The Morgan fingerprint density at radius 3 is 2.81 bits per heavy atom. The van der Waals surface area contributed by atoms with Crippen LogP contribution in [0.1, 0.15) is 52.5 Å². The standard InChI is InChI=1S/C29H25FN6O/c1-17-27-22(15-24(19-5-6-19)33-28(27)36(34-17)26-4-2-3-11-31-26)29(37)35-12-9-18(10-13-35)23-16-32-25-14-20(30)7-8-21(23)25/h2-4,7-9,11,14-16,19,32H,5-6,10,12-13H2,1H3. The molecule has 1 aliphatic carbocycles. The largest absolute Gasteiger partial charge is 0.360 e. The Kier molecular flexibility index (Phi) is 4.96. The minimum atomic E-state index is -0.258. The summed E-state index contributed by atoms with van der Waals surface area (Å²) < 4.78 is 15.4. The van der Waals surface area contributed by atoms with Crippen LogP contribution in [-0.4, -0.2) is 48.6 Å². The molecule has 1 aliphatic heterocycles. The van der Waals surface area contributed by atoms with Gasteiger partial charge in [0, 0.05) is 53.6 Å². The fourth-order valence-corrected chi connectivity index (χ4v) is 5.34. The number of carbonyl (C=O) groups is 1. The van der Waals surface area contributed by atoms with Gasteiger partial charge in [0.05, 0.1) is 16.6 Å². The summed E-state index contributed by atoms with van der Waals surface area (Å²) in [5.74, 6) is 0.812. The first kappa shape index (κ1) is 21.9. The summed E-state index contributed by atoms with van der Waals surface area (Å²) in [5, 5.41) is 6.51. The van der Waals surface area contributed by atoms with Crippen molar-refractivity contribution in [3.8, 4) is 5.82 Å². The molecule has 5 aromatic rings. The fourth-order valence-electron chi connectivity index (χ4n) is 5.34. The third-order valence-corrected chi connectivity index (χ3v) is 7.41. The fraction of sp³-hybridized carbons (Fsp3) is 0.241. The average molecular weight is 493 g/mol. The molecule has 2 aliphatic rings. The lowest BCUT2D eigenvalue weighted by atomic mass is 9.98. The van der Waals surface area contributed by atoms with Crippen molar-refractivity contribution in [2.75, 3.05) is 13.1 Å². The molecule has 5 heterocycles. The molecule has 7 rings (SSSR count). The van der Waals surface area contributed by atoms with Gasteiger partial charge >= 0.3 is 0 Å². The van der Waals surface area contributed by atoms with Crippen molar-refractivity contribution in [3.63, 3.8) is 0 Å². The van der Waals surface area contributed by atoms with E-state index in [0.717, 1.165) is 52.5 Å². The lowest BCUT2D eigenvalue weighted by Crippen LogP contribution is -2.35. The smallest absolute Gasteiger partial charge is 0.255 e. The van der Waals surface area contributed by atoms with E-state index < -0.39 is 0 Å². The molecular weight excluding hydrogens is 467 g/mol. The molecule has 37 heavy (non-hydrogen) atoms. The lowest BCUT2D eigenvalue weighted by Gasteiger charge is -2.27. The number of benzene rings is 1. The molecule has 7 nitrogen and oxygen atoms in total. The summed E-state index contributed by atoms with van der Waals surface area (Å²) in [7, 11) is 0. The molecule has 0 spiro atoms. The van der Waals surface area contributed by atoms with E-state index in [9.17, 15) is 9.18 Å². The summed E-state index contributed by atoms with van der Waals surface area (Å²) in [6.45, 7) is 3.04. The molecule has 0 bridgehead atoms. The number of H-pyrrole nitrogens is 1. The zero-order valence-electron chi connectivity index (χ0n) is 20.4. The first-order valence-corrected chi connectivity index (χ1v) is 12.6. The maximum Gasteiger partial charge on any atom is 0.255 e. The maximum absolute atomic E-state index is 13.9. The Labute approximate surface area is 212 Å². The minimum Gasteiger partial charge on any atom is -0.360 e. The van der Waals surface area contributed by atoms with Crippen molar-refractivity contribution in [1.29, 1.82) is 0 Å². The second-order valence-electron chi connectivity index (χ2n) is 9.88. The SMILES string of the molecule is Cc1nn(-c2ccccn2)c2nc(C3CC3)cc(C(=O)N3CC=C(c4c[nH]c5cc(F)ccc45)CC3)c12. The first-order valence-electron chi connectivity index (χ1n) is 12.6. The van der Waals surface area contributed by atoms with Crippen molar-refractivity contribution in [3.05, 3.63) is 89.3 Å². The van der Waals surface area contributed by atoms with E-state index in [1.165, 1.54) is 17.7 Å². The molecule has 0 unspecified atom stereocenters. The van der Waals surface area contributed by atoms with Gasteiger partial charge in [-0.1, -0.05) is 12.1 Å². The van der Waals surface area contributed by atoms with Crippen LogP contribution in [0.3, 0.4) is 0 Å². The van der Waals surface area contributed by atoms with Gasteiger partial charge in [0.15, 0.2) is 11.5 Å². The normalized spacial score (nSPS) is 15.9. The highest BCUT2D eigenvalue weighted by Gasteiger charge is 2.31. The zero-order chi connectivity index (χ0) is 25.1. The zero-order valence-corrected chi connectivity index (χ0v) is 20.4. The van der Waals surface area contributed by atoms with Crippen LogP contribution in [0.25, 0.3) is 33.3 Å². The molecule has 0 atom stereocenters. The number of rotatable bonds is 4. The van der Waals surface area contributed by atoms with Crippen LogP contribution in [0.5, 0.6) is 0 Å². The molecule has 8 heteroatoms. The Hall–Kier alpha value is -4.33. The number of aryl methyl sites for hydroxylation is 1. The maximum atomic E-state index is 13.9. The van der Waals surface area contributed by atoms with Crippen LogP contribution in [0.2, 0.25) is 0 Å². The van der Waals surface area contributed by atoms with Crippen molar-refractivity contribution in [1.82, 2.24) is 29.6 Å². The Bertz CT molecular complexity index is 1710. The van der Waals surface area contributed by atoms with Crippen molar-refractivity contribution >= 4 is 33.4 Å². The van der Waals surface area contributed by atoms with Crippen molar-refractivity contribution in [2.24, 2.45) is 0 Å². The second kappa shape index (κ2) is 8.37. The van der Waals surface area contributed by atoms with Gasteiger partial charge in [-0.3, -0.25) is 4.79 Å². The van der Waals surface area contributed by atoms with Gasteiger partial charge in [-0.25, -0.2) is 14.4 Å². The predicted molar refractivity (Wildman–Crippen MR) is 140 cm³/mol. The number of nitrogens with one attached hydrogen (secondary N) is 1. The Morgan fingerprint density at radius 2 is 2.05 bits per heavy atom. The highest BCUT2D eigenvalue weighted by Crippen LogP contribution is 2.41. The van der Waals surface area contributed by atoms with Crippen LogP contribution in [0, 0.1) is 12.7 Å². The molecule has 1 saturated carbocycles. The van der Waals surface area contributed by atoms with E-state index in [1.54, 1.807) is 10.9 Å². The van der Waals surface area contributed by atoms with E-state index in [1.807, 2.05) is 48.4 Å². The third-order valence-electron chi connectivity index (χ3n) is 7.41. The summed E-state index contributed by atoms with van der Waals surface area (Å²) >= 11 is 0. The molecular formula is C29H25FN6O. The summed E-state index contributed by atoms with van der Waals surface area (Å²) in [6.07, 6.45) is 8.68. The van der Waals surface area contributed by atoms with Gasteiger partial charge in [0.1, 0.15) is 5.82 Å². The van der Waals surface area contributed by atoms with Crippen LogP contribution in [0.15, 0.2) is 60.9 Å². The molecule has 1 amide bonds. The number of aromatic nitrogens is 5. The Morgan fingerprint density at radius 1 is 1.16 bits per heavy atom. The highest BCUT2D eigenvalue weighted by molar-refractivity contribution is 6.07.